The second-order valence-corrected chi connectivity index (χ2v) is 7.25. The first-order valence-electron chi connectivity index (χ1n) is 8.60. The minimum absolute atomic E-state index is 0.103. The first-order chi connectivity index (χ1) is 12.2. The van der Waals surface area contributed by atoms with Crippen molar-refractivity contribution >= 4 is 28.5 Å². The van der Waals surface area contributed by atoms with Crippen LogP contribution in [0.4, 0.5) is 0 Å². The lowest BCUT2D eigenvalue weighted by Gasteiger charge is -2.32. The van der Waals surface area contributed by atoms with Crippen molar-refractivity contribution in [3.05, 3.63) is 57.7 Å². The third kappa shape index (κ3) is 4.66. The monoisotopic (exact) mass is 451 g/mol. The molecule has 0 saturated carbocycles. The highest BCUT2D eigenvalue weighted by atomic mass is 127. The Bertz CT molecular complexity index is 726. The summed E-state index contributed by atoms with van der Waals surface area (Å²) in [5.74, 6) is 1.67. The van der Waals surface area contributed by atoms with Gasteiger partial charge in [0.1, 0.15) is 6.10 Å². The molecule has 1 amide bonds. The standard InChI is InChI=1S/C20H22INO3/c1-2-24-18-8-3-4-9-19(18)25-17-10-12-22(13-11-17)20(23)15-6-5-7-16(21)14-15/h3-9,14,17H,2,10-13H2,1H3. The minimum Gasteiger partial charge on any atom is -0.490 e. The lowest BCUT2D eigenvalue weighted by molar-refractivity contribution is 0.0589. The van der Waals surface area contributed by atoms with Crippen molar-refractivity contribution in [3.63, 3.8) is 0 Å². The second-order valence-electron chi connectivity index (χ2n) is 6.00. The van der Waals surface area contributed by atoms with Crippen molar-refractivity contribution in [2.75, 3.05) is 19.7 Å². The molecule has 5 heteroatoms. The third-order valence-electron chi connectivity index (χ3n) is 4.24. The van der Waals surface area contributed by atoms with Gasteiger partial charge in [-0.25, -0.2) is 0 Å². The molecular weight excluding hydrogens is 429 g/mol. The average Bonchev–Trinajstić information content (AvgIpc) is 2.64. The summed E-state index contributed by atoms with van der Waals surface area (Å²) >= 11 is 2.23. The van der Waals surface area contributed by atoms with E-state index in [4.69, 9.17) is 9.47 Å². The van der Waals surface area contributed by atoms with Crippen LogP contribution in [0.3, 0.4) is 0 Å². The summed E-state index contributed by atoms with van der Waals surface area (Å²) in [4.78, 5) is 14.5. The Balaban J connectivity index is 1.58. The maximum atomic E-state index is 12.6. The first-order valence-corrected chi connectivity index (χ1v) is 9.68. The van der Waals surface area contributed by atoms with E-state index < -0.39 is 0 Å². The summed E-state index contributed by atoms with van der Waals surface area (Å²) in [6, 6.07) is 15.5. The molecule has 2 aromatic rings. The van der Waals surface area contributed by atoms with Crippen LogP contribution in [0, 0.1) is 3.57 Å². The van der Waals surface area contributed by atoms with Crippen LogP contribution >= 0.6 is 22.6 Å². The predicted molar refractivity (Wildman–Crippen MR) is 106 cm³/mol. The van der Waals surface area contributed by atoms with Gasteiger partial charge in [0.05, 0.1) is 6.61 Å². The van der Waals surface area contributed by atoms with E-state index in [1.165, 1.54) is 0 Å². The van der Waals surface area contributed by atoms with Gasteiger partial charge in [-0.1, -0.05) is 18.2 Å². The Labute approximate surface area is 162 Å². The molecule has 1 fully saturated rings. The molecule has 0 spiro atoms. The zero-order valence-electron chi connectivity index (χ0n) is 14.3. The minimum atomic E-state index is 0.103. The van der Waals surface area contributed by atoms with Crippen LogP contribution in [0.25, 0.3) is 0 Å². The summed E-state index contributed by atoms with van der Waals surface area (Å²) in [7, 11) is 0. The maximum Gasteiger partial charge on any atom is 0.253 e. The molecule has 0 radical (unpaired) electrons. The molecule has 1 saturated heterocycles. The molecule has 0 bridgehead atoms. The summed E-state index contributed by atoms with van der Waals surface area (Å²) in [6.45, 7) is 4.01. The molecule has 1 heterocycles. The van der Waals surface area contributed by atoms with Crippen molar-refractivity contribution in [2.24, 2.45) is 0 Å². The van der Waals surface area contributed by atoms with Crippen molar-refractivity contribution in [2.45, 2.75) is 25.9 Å². The van der Waals surface area contributed by atoms with E-state index in [-0.39, 0.29) is 12.0 Å². The molecular formula is C20H22INO3. The predicted octanol–water partition coefficient (Wildman–Crippen LogP) is 4.37. The largest absolute Gasteiger partial charge is 0.490 e. The lowest BCUT2D eigenvalue weighted by Crippen LogP contribution is -2.41. The molecule has 3 rings (SSSR count). The van der Waals surface area contributed by atoms with Gasteiger partial charge < -0.3 is 14.4 Å². The number of benzene rings is 2. The van der Waals surface area contributed by atoms with Crippen LogP contribution in [-0.4, -0.2) is 36.6 Å². The zero-order valence-corrected chi connectivity index (χ0v) is 16.4. The summed E-state index contributed by atoms with van der Waals surface area (Å²) in [5, 5.41) is 0. The highest BCUT2D eigenvalue weighted by Gasteiger charge is 2.25. The molecule has 1 aliphatic rings. The number of amides is 1. The Kier molecular flexibility index (Phi) is 6.18. The second kappa shape index (κ2) is 8.56. The van der Waals surface area contributed by atoms with Crippen molar-refractivity contribution in [1.82, 2.24) is 4.90 Å². The fraction of sp³-hybridized carbons (Fsp3) is 0.350. The Morgan fingerprint density at radius 3 is 2.52 bits per heavy atom. The lowest BCUT2D eigenvalue weighted by atomic mass is 10.1. The van der Waals surface area contributed by atoms with E-state index >= 15 is 0 Å². The van der Waals surface area contributed by atoms with Gasteiger partial charge in [-0.15, -0.1) is 0 Å². The zero-order chi connectivity index (χ0) is 17.6. The van der Waals surface area contributed by atoms with Crippen LogP contribution < -0.4 is 9.47 Å². The van der Waals surface area contributed by atoms with Gasteiger partial charge in [0.25, 0.3) is 5.91 Å². The quantitative estimate of drug-likeness (QED) is 0.634. The van der Waals surface area contributed by atoms with E-state index in [9.17, 15) is 4.79 Å². The van der Waals surface area contributed by atoms with Gasteiger partial charge in [0, 0.05) is 35.1 Å². The number of likely N-dealkylation sites (tertiary alicyclic amines) is 1. The molecule has 0 unspecified atom stereocenters. The molecule has 0 aromatic heterocycles. The topological polar surface area (TPSA) is 38.8 Å². The van der Waals surface area contributed by atoms with E-state index in [2.05, 4.69) is 22.6 Å². The van der Waals surface area contributed by atoms with Crippen LogP contribution in [0.15, 0.2) is 48.5 Å². The fourth-order valence-electron chi connectivity index (χ4n) is 2.98. The van der Waals surface area contributed by atoms with E-state index in [1.807, 2.05) is 60.4 Å². The van der Waals surface area contributed by atoms with Crippen LogP contribution in [0.5, 0.6) is 11.5 Å². The van der Waals surface area contributed by atoms with Crippen LogP contribution in [-0.2, 0) is 0 Å². The van der Waals surface area contributed by atoms with Gasteiger partial charge in [0.2, 0.25) is 0 Å². The average molecular weight is 451 g/mol. The van der Waals surface area contributed by atoms with E-state index in [1.54, 1.807) is 0 Å². The number of halogens is 1. The molecule has 1 aliphatic heterocycles. The number of ether oxygens (including phenoxy) is 2. The number of rotatable bonds is 5. The fourth-order valence-corrected chi connectivity index (χ4v) is 3.53. The van der Waals surface area contributed by atoms with Gasteiger partial charge in [-0.2, -0.15) is 0 Å². The molecule has 4 nitrogen and oxygen atoms in total. The van der Waals surface area contributed by atoms with Crippen LogP contribution in [0.1, 0.15) is 30.1 Å². The van der Waals surface area contributed by atoms with Crippen molar-refractivity contribution < 1.29 is 14.3 Å². The summed E-state index contributed by atoms with van der Waals surface area (Å²) in [6.07, 6.45) is 1.77. The van der Waals surface area contributed by atoms with Gasteiger partial charge in [-0.05, 0) is 59.8 Å². The number of para-hydroxylation sites is 2. The normalized spacial score (nSPS) is 15.0. The van der Waals surface area contributed by atoms with Crippen LogP contribution in [0.2, 0.25) is 0 Å². The van der Waals surface area contributed by atoms with Crippen molar-refractivity contribution in [3.8, 4) is 11.5 Å². The molecule has 25 heavy (non-hydrogen) atoms. The smallest absolute Gasteiger partial charge is 0.253 e. The number of hydrogen-bond donors (Lipinski definition) is 0. The summed E-state index contributed by atoms with van der Waals surface area (Å²) in [5.41, 5.74) is 0.757. The Hall–Kier alpha value is -1.76. The van der Waals surface area contributed by atoms with Gasteiger partial charge in [0.15, 0.2) is 11.5 Å². The third-order valence-corrected chi connectivity index (χ3v) is 4.91. The molecule has 2 aromatic carbocycles. The SMILES string of the molecule is CCOc1ccccc1OC1CCN(C(=O)c2cccc(I)c2)CC1. The highest BCUT2D eigenvalue weighted by Crippen LogP contribution is 2.29. The maximum absolute atomic E-state index is 12.6. The summed E-state index contributed by atoms with van der Waals surface area (Å²) < 4.78 is 12.8. The molecule has 0 aliphatic carbocycles. The Morgan fingerprint density at radius 2 is 1.84 bits per heavy atom. The number of nitrogens with zero attached hydrogens (tertiary/aromatic N) is 1. The molecule has 132 valence electrons. The number of hydrogen-bond acceptors (Lipinski definition) is 3. The van der Waals surface area contributed by atoms with E-state index in [0.717, 1.165) is 33.5 Å². The van der Waals surface area contributed by atoms with Gasteiger partial charge >= 0.3 is 0 Å². The highest BCUT2D eigenvalue weighted by molar-refractivity contribution is 14.1. The van der Waals surface area contributed by atoms with Crippen molar-refractivity contribution in [1.29, 1.82) is 0 Å². The number of carbonyl (C=O) groups excluding carboxylic acids is 1. The molecule has 0 N–H and O–H groups in total. The number of piperidine rings is 1. The number of carbonyl (C=O) groups is 1. The molecule has 0 atom stereocenters. The first kappa shape index (κ1) is 18.0. The Morgan fingerprint density at radius 1 is 1.12 bits per heavy atom. The van der Waals surface area contributed by atoms with Gasteiger partial charge in [-0.3, -0.25) is 4.79 Å². The van der Waals surface area contributed by atoms with E-state index in [0.29, 0.717) is 19.7 Å².